The highest BCUT2D eigenvalue weighted by molar-refractivity contribution is 6.33. The Kier molecular flexibility index (Phi) is 3.73. The summed E-state index contributed by atoms with van der Waals surface area (Å²) in [7, 11) is 3.73. The van der Waals surface area contributed by atoms with Gasteiger partial charge < -0.3 is 9.32 Å². The summed E-state index contributed by atoms with van der Waals surface area (Å²) >= 11 is 6.30. The topological polar surface area (TPSA) is 50.8 Å². The number of carbonyl (C=O) groups excluding carboxylic acids is 1. The summed E-state index contributed by atoms with van der Waals surface area (Å²) in [5, 5.41) is 0.591. The number of fused-ring (bicyclic) bond motifs is 1. The van der Waals surface area contributed by atoms with Crippen LogP contribution in [0.1, 0.15) is 5.69 Å². The Morgan fingerprint density at radius 3 is 2.82 bits per heavy atom. The highest BCUT2D eigenvalue weighted by Gasteiger charge is 2.21. The number of oxazole rings is 1. The van der Waals surface area contributed by atoms with E-state index in [9.17, 15) is 4.79 Å². The van der Waals surface area contributed by atoms with E-state index in [0.29, 0.717) is 16.6 Å². The Labute approximate surface area is 132 Å². The van der Waals surface area contributed by atoms with E-state index in [2.05, 4.69) is 4.98 Å². The second kappa shape index (κ2) is 5.69. The van der Waals surface area contributed by atoms with Crippen molar-refractivity contribution in [2.45, 2.75) is 0 Å². The lowest BCUT2D eigenvalue weighted by Crippen LogP contribution is -2.12. The maximum atomic E-state index is 11.0. The molecule has 3 rings (SSSR count). The Morgan fingerprint density at radius 1 is 1.36 bits per heavy atom. The molecule has 6 heteroatoms. The molecule has 0 N–H and O–H groups in total. The van der Waals surface area contributed by atoms with Crippen molar-refractivity contribution in [3.05, 3.63) is 53.5 Å². The lowest BCUT2D eigenvalue weighted by molar-refractivity contribution is -0.104. The largest absolute Gasteiger partial charge is 0.432 e. The molecule has 0 bridgehead atoms. The van der Waals surface area contributed by atoms with Crippen LogP contribution in [0, 0.1) is 0 Å². The van der Waals surface area contributed by atoms with Crippen LogP contribution in [0.3, 0.4) is 0 Å². The van der Waals surface area contributed by atoms with Crippen LogP contribution in [0.5, 0.6) is 0 Å². The number of imidazole rings is 1. The molecule has 0 aliphatic rings. The van der Waals surface area contributed by atoms with Gasteiger partial charge in [-0.15, -0.1) is 0 Å². The lowest BCUT2D eigenvalue weighted by Gasteiger charge is -2.17. The summed E-state index contributed by atoms with van der Waals surface area (Å²) in [5.74, 6) is 0.448. The zero-order chi connectivity index (χ0) is 15.7. The Bertz CT molecular complexity index is 861. The third kappa shape index (κ3) is 2.29. The maximum Gasteiger partial charge on any atom is 0.306 e. The fourth-order valence-electron chi connectivity index (χ4n) is 2.38. The summed E-state index contributed by atoms with van der Waals surface area (Å²) in [5.41, 5.74) is 2.94. The zero-order valence-electron chi connectivity index (χ0n) is 12.2. The smallest absolute Gasteiger partial charge is 0.306 e. The van der Waals surface area contributed by atoms with Crippen LogP contribution in [0.15, 0.2) is 47.2 Å². The molecule has 2 heterocycles. The summed E-state index contributed by atoms with van der Waals surface area (Å²) in [6.45, 7) is 0. The first-order chi connectivity index (χ1) is 10.6. The van der Waals surface area contributed by atoms with Gasteiger partial charge in [0, 0.05) is 31.9 Å². The summed E-state index contributed by atoms with van der Waals surface area (Å²) in [4.78, 5) is 17.4. The Hall–Kier alpha value is -2.53. The maximum absolute atomic E-state index is 11.0. The fourth-order valence-corrected chi connectivity index (χ4v) is 2.60. The first-order valence-electron chi connectivity index (χ1n) is 6.67. The van der Waals surface area contributed by atoms with Crippen molar-refractivity contribution in [1.29, 1.82) is 0 Å². The van der Waals surface area contributed by atoms with E-state index in [1.807, 2.05) is 37.2 Å². The highest BCUT2D eigenvalue weighted by atomic mass is 35.5. The van der Waals surface area contributed by atoms with E-state index in [-0.39, 0.29) is 0 Å². The van der Waals surface area contributed by atoms with Crippen molar-refractivity contribution >= 4 is 29.4 Å². The van der Waals surface area contributed by atoms with E-state index in [1.165, 1.54) is 6.08 Å². The number of rotatable bonds is 4. The Morgan fingerprint density at radius 2 is 2.14 bits per heavy atom. The van der Waals surface area contributed by atoms with Crippen LogP contribution in [-0.2, 0) is 4.79 Å². The monoisotopic (exact) mass is 315 g/mol. The molecule has 5 nitrogen and oxygen atoms in total. The van der Waals surface area contributed by atoms with Gasteiger partial charge in [-0.25, -0.2) is 0 Å². The van der Waals surface area contributed by atoms with Crippen molar-refractivity contribution in [2.24, 2.45) is 0 Å². The third-order valence-electron chi connectivity index (χ3n) is 3.34. The molecule has 2 aromatic heterocycles. The lowest BCUT2D eigenvalue weighted by atomic mass is 10.1. The molecule has 22 heavy (non-hydrogen) atoms. The van der Waals surface area contributed by atoms with Gasteiger partial charge in [-0.05, 0) is 6.07 Å². The molecular formula is C16H14ClN3O2. The summed E-state index contributed by atoms with van der Waals surface area (Å²) < 4.78 is 7.18. The quantitative estimate of drug-likeness (QED) is 0.547. The van der Waals surface area contributed by atoms with Gasteiger partial charge in [-0.2, -0.15) is 4.98 Å². The molecule has 112 valence electrons. The minimum Gasteiger partial charge on any atom is -0.432 e. The molecule has 0 unspecified atom stereocenters. The number of aromatic nitrogens is 2. The van der Waals surface area contributed by atoms with Gasteiger partial charge in [0.1, 0.15) is 23.9 Å². The van der Waals surface area contributed by atoms with Gasteiger partial charge in [-0.3, -0.25) is 9.20 Å². The number of hydrogen-bond acceptors (Lipinski definition) is 4. The van der Waals surface area contributed by atoms with Gasteiger partial charge in [0.25, 0.3) is 0 Å². The predicted molar refractivity (Wildman–Crippen MR) is 85.6 cm³/mol. The fraction of sp³-hybridized carbons (Fsp3) is 0.125. The number of hydrogen-bond donors (Lipinski definition) is 0. The summed E-state index contributed by atoms with van der Waals surface area (Å²) in [6.07, 6.45) is 5.57. The summed E-state index contributed by atoms with van der Waals surface area (Å²) in [6, 6.07) is 7.45. The van der Waals surface area contributed by atoms with Crippen LogP contribution in [0.2, 0.25) is 5.02 Å². The third-order valence-corrected chi connectivity index (χ3v) is 3.67. The van der Waals surface area contributed by atoms with Crippen LogP contribution in [0.4, 0.5) is 0 Å². The van der Waals surface area contributed by atoms with E-state index in [0.717, 1.165) is 23.2 Å². The van der Waals surface area contributed by atoms with Gasteiger partial charge in [0.2, 0.25) is 0 Å². The number of carbonyl (C=O) groups is 1. The van der Waals surface area contributed by atoms with Crippen LogP contribution >= 0.6 is 11.6 Å². The van der Waals surface area contributed by atoms with Crippen LogP contribution < -0.4 is 0 Å². The number of allylic oxidation sites excluding steroid dienone is 1. The first kappa shape index (κ1) is 14.4. The van der Waals surface area contributed by atoms with E-state index in [1.54, 1.807) is 22.9 Å². The SMILES string of the molecule is CN(C)C(=CC=O)c1c(-c2ccccc2Cl)nc2occn12. The van der Waals surface area contributed by atoms with Gasteiger partial charge in [-0.1, -0.05) is 29.8 Å². The van der Waals surface area contributed by atoms with Crippen molar-refractivity contribution in [2.75, 3.05) is 14.1 Å². The molecule has 1 aromatic carbocycles. The second-order valence-electron chi connectivity index (χ2n) is 4.93. The standard InChI is InChI=1S/C16H14ClN3O2/c1-19(2)13(7-9-21)15-14(11-5-3-4-6-12(11)17)18-16-20(15)8-10-22-16/h3-10H,1-2H3. The van der Waals surface area contributed by atoms with E-state index in [4.69, 9.17) is 16.0 Å². The number of halogens is 1. The van der Waals surface area contributed by atoms with E-state index >= 15 is 0 Å². The highest BCUT2D eigenvalue weighted by Crippen LogP contribution is 2.34. The molecule has 0 amide bonds. The minimum absolute atomic E-state index is 0.448. The molecule has 0 aliphatic carbocycles. The molecule has 0 fully saturated rings. The zero-order valence-corrected chi connectivity index (χ0v) is 12.9. The molecule has 0 saturated heterocycles. The second-order valence-corrected chi connectivity index (χ2v) is 5.33. The number of benzene rings is 1. The van der Waals surface area contributed by atoms with Gasteiger partial charge in [0.05, 0.1) is 10.7 Å². The molecule has 0 aliphatic heterocycles. The molecule has 0 spiro atoms. The normalized spacial score (nSPS) is 11.9. The Balaban J connectivity index is 2.34. The van der Waals surface area contributed by atoms with Gasteiger partial charge >= 0.3 is 5.84 Å². The van der Waals surface area contributed by atoms with Crippen molar-refractivity contribution in [1.82, 2.24) is 14.3 Å². The predicted octanol–water partition coefficient (Wildman–Crippen LogP) is 3.35. The van der Waals surface area contributed by atoms with Crippen molar-refractivity contribution < 1.29 is 9.21 Å². The van der Waals surface area contributed by atoms with Crippen molar-refractivity contribution in [3.63, 3.8) is 0 Å². The molecule has 0 saturated carbocycles. The molecule has 3 aromatic rings. The van der Waals surface area contributed by atoms with E-state index < -0.39 is 0 Å². The van der Waals surface area contributed by atoms with Crippen molar-refractivity contribution in [3.8, 4) is 11.3 Å². The average Bonchev–Trinajstić information content (AvgIpc) is 3.06. The average molecular weight is 316 g/mol. The van der Waals surface area contributed by atoms with Crippen LogP contribution in [0.25, 0.3) is 22.8 Å². The van der Waals surface area contributed by atoms with Crippen LogP contribution in [-0.4, -0.2) is 34.7 Å². The minimum atomic E-state index is 0.448. The molecule has 0 atom stereocenters. The molecule has 0 radical (unpaired) electrons. The first-order valence-corrected chi connectivity index (χ1v) is 7.05. The number of aldehydes is 1. The molecular weight excluding hydrogens is 302 g/mol. The van der Waals surface area contributed by atoms with Gasteiger partial charge in [0.15, 0.2) is 0 Å². The number of nitrogens with zero attached hydrogens (tertiary/aromatic N) is 3.